The predicted molar refractivity (Wildman–Crippen MR) is 73.4 cm³/mol. The number of carbonyl (C=O) groups is 1. The van der Waals surface area contributed by atoms with Crippen LogP contribution in [0.25, 0.3) is 0 Å². The molecule has 0 unspecified atom stereocenters. The van der Waals surface area contributed by atoms with Crippen molar-refractivity contribution in [2.24, 2.45) is 0 Å². The Hall–Kier alpha value is -1.88. The lowest BCUT2D eigenvalue weighted by Crippen LogP contribution is -2.23. The highest BCUT2D eigenvalue weighted by Gasteiger charge is 2.12. The molecule has 98 valence electrons. The minimum atomic E-state index is -0.475. The van der Waals surface area contributed by atoms with Crippen molar-refractivity contribution in [3.63, 3.8) is 0 Å². The summed E-state index contributed by atoms with van der Waals surface area (Å²) in [5.74, 6) is -0.667. The lowest BCUT2D eigenvalue weighted by atomic mass is 10.2. The van der Waals surface area contributed by atoms with Gasteiger partial charge in [-0.15, -0.1) is 0 Å². The number of hydrogen-bond acceptors (Lipinski definition) is 2. The lowest BCUT2D eigenvalue weighted by Gasteiger charge is -2.07. The highest BCUT2D eigenvalue weighted by Crippen LogP contribution is 2.20. The molecule has 5 heteroatoms. The number of phenolic OH excluding ortho intramolecular Hbond substituents is 1. The van der Waals surface area contributed by atoms with Gasteiger partial charge in [-0.05, 0) is 45.8 Å². The van der Waals surface area contributed by atoms with Crippen molar-refractivity contribution >= 4 is 21.8 Å². The van der Waals surface area contributed by atoms with Crippen LogP contribution in [0.1, 0.15) is 15.9 Å². The smallest absolute Gasteiger partial charge is 0.252 e. The van der Waals surface area contributed by atoms with Gasteiger partial charge in [-0.3, -0.25) is 4.79 Å². The first kappa shape index (κ1) is 13.5. The van der Waals surface area contributed by atoms with Gasteiger partial charge >= 0.3 is 0 Å². The molecule has 19 heavy (non-hydrogen) atoms. The summed E-state index contributed by atoms with van der Waals surface area (Å²) in [6, 6.07) is 10.8. The molecule has 1 amide bonds. The Bertz CT molecular complexity index is 599. The first-order chi connectivity index (χ1) is 9.08. The number of rotatable bonds is 3. The molecule has 0 fully saturated rings. The average molecular weight is 324 g/mol. The van der Waals surface area contributed by atoms with Crippen molar-refractivity contribution in [2.75, 3.05) is 0 Å². The number of aromatic hydroxyl groups is 1. The first-order valence-electron chi connectivity index (χ1n) is 5.58. The van der Waals surface area contributed by atoms with Gasteiger partial charge in [0.1, 0.15) is 11.6 Å². The summed E-state index contributed by atoms with van der Waals surface area (Å²) in [5.41, 5.74) is 1.09. The zero-order valence-electron chi connectivity index (χ0n) is 9.86. The molecule has 0 aromatic heterocycles. The van der Waals surface area contributed by atoms with Crippen molar-refractivity contribution in [1.29, 1.82) is 0 Å². The van der Waals surface area contributed by atoms with E-state index in [4.69, 9.17) is 5.11 Å². The summed E-state index contributed by atoms with van der Waals surface area (Å²) in [6.07, 6.45) is 0. The normalized spacial score (nSPS) is 10.2. The number of amides is 1. The molecule has 0 heterocycles. The molecule has 0 saturated heterocycles. The van der Waals surface area contributed by atoms with Gasteiger partial charge in [0.05, 0.1) is 10.0 Å². The zero-order chi connectivity index (χ0) is 13.8. The minimum absolute atomic E-state index is 0.151. The molecule has 0 aliphatic carbocycles. The Balaban J connectivity index is 2.05. The van der Waals surface area contributed by atoms with Gasteiger partial charge < -0.3 is 10.4 Å². The van der Waals surface area contributed by atoms with E-state index >= 15 is 0 Å². The van der Waals surface area contributed by atoms with E-state index in [9.17, 15) is 9.18 Å². The van der Waals surface area contributed by atoms with E-state index < -0.39 is 5.82 Å². The van der Waals surface area contributed by atoms with E-state index in [0.717, 1.165) is 5.56 Å². The van der Waals surface area contributed by atoms with Crippen LogP contribution in [0.4, 0.5) is 4.39 Å². The van der Waals surface area contributed by atoms with E-state index in [-0.39, 0.29) is 21.7 Å². The summed E-state index contributed by atoms with van der Waals surface area (Å²) in [7, 11) is 0. The van der Waals surface area contributed by atoms with E-state index in [1.54, 1.807) is 30.3 Å². The zero-order valence-corrected chi connectivity index (χ0v) is 11.4. The lowest BCUT2D eigenvalue weighted by molar-refractivity contribution is 0.0949. The average Bonchev–Trinajstić information content (AvgIpc) is 2.41. The van der Waals surface area contributed by atoms with Gasteiger partial charge in [0, 0.05) is 6.54 Å². The topological polar surface area (TPSA) is 49.3 Å². The largest absolute Gasteiger partial charge is 0.508 e. The van der Waals surface area contributed by atoms with Crippen molar-refractivity contribution in [1.82, 2.24) is 5.32 Å². The monoisotopic (exact) mass is 323 g/mol. The number of halogens is 2. The molecule has 2 aromatic rings. The maximum atomic E-state index is 13.3. The number of carbonyl (C=O) groups excluding carboxylic acids is 1. The number of nitrogens with one attached hydrogen (secondary N) is 1. The fraction of sp³-hybridized carbons (Fsp3) is 0.0714. The van der Waals surface area contributed by atoms with Crippen LogP contribution in [-0.4, -0.2) is 11.0 Å². The Morgan fingerprint density at radius 1 is 1.21 bits per heavy atom. The molecule has 0 saturated carbocycles. The van der Waals surface area contributed by atoms with E-state index in [1.807, 2.05) is 0 Å². The number of benzene rings is 2. The van der Waals surface area contributed by atoms with Crippen LogP contribution in [0.3, 0.4) is 0 Å². The van der Waals surface area contributed by atoms with Gasteiger partial charge in [0.25, 0.3) is 5.91 Å². The summed E-state index contributed by atoms with van der Waals surface area (Å²) < 4.78 is 13.4. The Kier molecular flexibility index (Phi) is 4.16. The molecule has 0 atom stereocenters. The summed E-state index contributed by atoms with van der Waals surface area (Å²) >= 11 is 3.05. The van der Waals surface area contributed by atoms with E-state index in [1.165, 1.54) is 12.1 Å². The van der Waals surface area contributed by atoms with Crippen molar-refractivity contribution in [3.8, 4) is 5.75 Å². The fourth-order valence-electron chi connectivity index (χ4n) is 1.57. The Morgan fingerprint density at radius 2 is 1.89 bits per heavy atom. The summed E-state index contributed by atoms with van der Waals surface area (Å²) in [4.78, 5) is 11.9. The molecule has 0 spiro atoms. The summed E-state index contributed by atoms with van der Waals surface area (Å²) in [5, 5.41) is 11.8. The van der Waals surface area contributed by atoms with Crippen LogP contribution >= 0.6 is 15.9 Å². The van der Waals surface area contributed by atoms with Crippen molar-refractivity contribution in [3.05, 3.63) is 63.9 Å². The third kappa shape index (κ3) is 3.32. The van der Waals surface area contributed by atoms with E-state index in [2.05, 4.69) is 21.2 Å². The maximum Gasteiger partial charge on any atom is 0.252 e. The Labute approximate surface area is 118 Å². The number of phenols is 1. The second-order valence-corrected chi connectivity index (χ2v) is 4.74. The van der Waals surface area contributed by atoms with Gasteiger partial charge in [-0.25, -0.2) is 4.39 Å². The van der Waals surface area contributed by atoms with Crippen LogP contribution in [0.15, 0.2) is 46.9 Å². The van der Waals surface area contributed by atoms with Crippen LogP contribution in [0.5, 0.6) is 5.75 Å². The third-order valence-electron chi connectivity index (χ3n) is 2.59. The molecule has 0 aliphatic rings. The fourth-order valence-corrected chi connectivity index (χ4v) is 2.01. The molecule has 0 radical (unpaired) electrons. The van der Waals surface area contributed by atoms with Crippen molar-refractivity contribution in [2.45, 2.75) is 6.54 Å². The highest BCUT2D eigenvalue weighted by atomic mass is 79.9. The van der Waals surface area contributed by atoms with Gasteiger partial charge in [-0.1, -0.05) is 18.2 Å². The SMILES string of the molecule is O=C(NCc1ccc(O)cc1)c1cccc(F)c1Br. The standard InChI is InChI=1S/C14H11BrFNO2/c15-13-11(2-1-3-12(13)16)14(19)17-8-9-4-6-10(18)7-5-9/h1-7,18H,8H2,(H,17,19). The molecular formula is C14H11BrFNO2. The predicted octanol–water partition coefficient (Wildman–Crippen LogP) is 3.22. The van der Waals surface area contributed by atoms with Crippen LogP contribution in [0.2, 0.25) is 0 Å². The van der Waals surface area contributed by atoms with Gasteiger partial charge in [0.2, 0.25) is 0 Å². The molecule has 3 nitrogen and oxygen atoms in total. The van der Waals surface area contributed by atoms with Crippen LogP contribution in [0, 0.1) is 5.82 Å². The highest BCUT2D eigenvalue weighted by molar-refractivity contribution is 9.10. The maximum absolute atomic E-state index is 13.3. The molecule has 2 aromatic carbocycles. The summed E-state index contributed by atoms with van der Waals surface area (Å²) in [6.45, 7) is 0.308. The molecule has 0 bridgehead atoms. The molecule has 2 N–H and O–H groups in total. The third-order valence-corrected chi connectivity index (χ3v) is 3.39. The molecule has 0 aliphatic heterocycles. The minimum Gasteiger partial charge on any atom is -0.508 e. The Morgan fingerprint density at radius 3 is 2.58 bits per heavy atom. The van der Waals surface area contributed by atoms with Crippen molar-refractivity contribution < 1.29 is 14.3 Å². The van der Waals surface area contributed by atoms with Gasteiger partial charge in [0.15, 0.2) is 0 Å². The van der Waals surface area contributed by atoms with E-state index in [0.29, 0.717) is 6.54 Å². The molecular weight excluding hydrogens is 313 g/mol. The van der Waals surface area contributed by atoms with Crippen LogP contribution < -0.4 is 5.32 Å². The van der Waals surface area contributed by atoms with Gasteiger partial charge in [-0.2, -0.15) is 0 Å². The quantitative estimate of drug-likeness (QED) is 0.911. The second-order valence-electron chi connectivity index (χ2n) is 3.95. The first-order valence-corrected chi connectivity index (χ1v) is 6.37. The number of hydrogen-bond donors (Lipinski definition) is 2. The second kappa shape index (κ2) is 5.84. The van der Waals surface area contributed by atoms with Crippen LogP contribution in [-0.2, 0) is 6.54 Å². The molecule has 2 rings (SSSR count).